The molecule has 0 unspecified atom stereocenters. The molecular weight excluding hydrogens is 709 g/mol. The Morgan fingerprint density at radius 3 is 1.10 bits per heavy atom. The van der Waals surface area contributed by atoms with Crippen molar-refractivity contribution >= 4 is 53.9 Å². The normalized spacial score (nSPS) is 13.1. The van der Waals surface area contributed by atoms with E-state index in [2.05, 4.69) is 220 Å². The van der Waals surface area contributed by atoms with Crippen LogP contribution in [0.25, 0.3) is 109 Å². The van der Waals surface area contributed by atoms with Crippen LogP contribution in [0.15, 0.2) is 206 Å². The van der Waals surface area contributed by atoms with E-state index in [-0.39, 0.29) is 5.41 Å². The summed E-state index contributed by atoms with van der Waals surface area (Å²) < 4.78 is 0. The summed E-state index contributed by atoms with van der Waals surface area (Å²) in [5.41, 5.74) is 15.2. The molecule has 0 aliphatic heterocycles. The molecule has 0 radical (unpaired) electrons. The maximum absolute atomic E-state index is 2.51. The predicted octanol–water partition coefficient (Wildman–Crippen LogP) is 16.4. The number of hydrogen-bond donors (Lipinski definition) is 0. The van der Waals surface area contributed by atoms with Gasteiger partial charge >= 0.3 is 0 Å². The van der Waals surface area contributed by atoms with Crippen LogP contribution in [0, 0.1) is 0 Å². The summed E-state index contributed by atoms with van der Waals surface area (Å²) in [5.74, 6) is 0. The summed E-state index contributed by atoms with van der Waals surface area (Å²) in [7, 11) is 0. The van der Waals surface area contributed by atoms with Crippen molar-refractivity contribution in [3.05, 3.63) is 217 Å². The summed E-state index contributed by atoms with van der Waals surface area (Å²) in [5, 5.41) is 13.0. The minimum Gasteiger partial charge on any atom is -0.0622 e. The average molecular weight is 749 g/mol. The first-order valence-corrected chi connectivity index (χ1v) is 20.8. The van der Waals surface area contributed by atoms with E-state index in [1.165, 1.54) is 121 Å². The van der Waals surface area contributed by atoms with E-state index in [0.29, 0.717) is 0 Å². The number of rotatable bonds is 4. The van der Waals surface area contributed by atoms with Crippen LogP contribution >= 0.6 is 0 Å². The lowest BCUT2D eigenvalue weighted by Crippen LogP contribution is -2.14. The van der Waals surface area contributed by atoms with Gasteiger partial charge in [0.15, 0.2) is 0 Å². The van der Waals surface area contributed by atoms with Gasteiger partial charge in [0, 0.05) is 5.41 Å². The molecule has 11 aromatic rings. The van der Waals surface area contributed by atoms with Crippen LogP contribution in [0.5, 0.6) is 0 Å². The fourth-order valence-electron chi connectivity index (χ4n) is 10.4. The first kappa shape index (κ1) is 33.8. The van der Waals surface area contributed by atoms with E-state index >= 15 is 0 Å². The fourth-order valence-corrected chi connectivity index (χ4v) is 10.4. The summed E-state index contributed by atoms with van der Waals surface area (Å²) in [4.78, 5) is 0. The van der Waals surface area contributed by atoms with Crippen molar-refractivity contribution in [1.29, 1.82) is 0 Å². The van der Waals surface area contributed by atoms with Gasteiger partial charge in [0.1, 0.15) is 0 Å². The van der Waals surface area contributed by atoms with E-state index in [4.69, 9.17) is 0 Å². The molecule has 0 saturated heterocycles. The number of benzene rings is 11. The van der Waals surface area contributed by atoms with Crippen molar-refractivity contribution < 1.29 is 0 Å². The molecule has 1 aliphatic carbocycles. The zero-order valence-corrected chi connectivity index (χ0v) is 33.1. The minimum atomic E-state index is -0.141. The van der Waals surface area contributed by atoms with E-state index in [1.807, 2.05) is 0 Å². The molecule has 0 amide bonds. The van der Waals surface area contributed by atoms with Crippen LogP contribution in [0.1, 0.15) is 25.0 Å². The van der Waals surface area contributed by atoms with Crippen LogP contribution in [-0.4, -0.2) is 0 Å². The maximum Gasteiger partial charge on any atom is 0.0159 e. The first-order valence-electron chi connectivity index (χ1n) is 20.8. The largest absolute Gasteiger partial charge is 0.0622 e. The second-order valence-electron chi connectivity index (χ2n) is 16.8. The van der Waals surface area contributed by atoms with Crippen LogP contribution in [0.4, 0.5) is 0 Å². The molecule has 0 N–H and O–H groups in total. The van der Waals surface area contributed by atoms with Gasteiger partial charge in [0.2, 0.25) is 0 Å². The minimum absolute atomic E-state index is 0.141. The van der Waals surface area contributed by atoms with Gasteiger partial charge in [0.25, 0.3) is 0 Å². The quantitative estimate of drug-likeness (QED) is 0.124. The lowest BCUT2D eigenvalue weighted by Gasteiger charge is -2.23. The standard InChI is InChI=1S/C59H40/c1-59(2)55-30-29-39(34-53(55)54-35-51-45-23-11-9-21-43(45)44-22-10-12-24-46(44)52(51)36-56(54)59)57-47-25-13-15-27-49(47)58(50-28-16-14-26-48(50)57)42-32-40(37-17-5-3-6-18-37)31-41(33-42)38-19-7-4-8-20-38/h3-36H,1-2H3. The molecule has 0 saturated carbocycles. The Kier molecular flexibility index (Phi) is 7.38. The second kappa shape index (κ2) is 12.9. The van der Waals surface area contributed by atoms with Gasteiger partial charge in [0.05, 0.1) is 0 Å². The molecule has 1 aliphatic rings. The van der Waals surface area contributed by atoms with Crippen molar-refractivity contribution in [2.45, 2.75) is 19.3 Å². The molecular formula is C59H40. The highest BCUT2D eigenvalue weighted by Gasteiger charge is 2.36. The van der Waals surface area contributed by atoms with Crippen LogP contribution in [-0.2, 0) is 5.41 Å². The molecule has 0 nitrogen and oxygen atoms in total. The zero-order valence-electron chi connectivity index (χ0n) is 33.1. The SMILES string of the molecule is CC1(C)c2ccc(-c3c4ccccc4c(-c4cc(-c5ccccc5)cc(-c5ccccc5)c4)c4ccccc34)cc2-c2cc3c4ccccc4c4ccccc4c3cc21. The molecule has 276 valence electrons. The monoisotopic (exact) mass is 748 g/mol. The van der Waals surface area contributed by atoms with Crippen molar-refractivity contribution in [2.24, 2.45) is 0 Å². The fraction of sp³-hybridized carbons (Fsp3) is 0.0508. The molecule has 59 heavy (non-hydrogen) atoms. The van der Waals surface area contributed by atoms with E-state index < -0.39 is 0 Å². The topological polar surface area (TPSA) is 0 Å². The summed E-state index contributed by atoms with van der Waals surface area (Å²) in [6.07, 6.45) is 0. The average Bonchev–Trinajstić information content (AvgIpc) is 3.52. The highest BCUT2D eigenvalue weighted by molar-refractivity contribution is 6.26. The Bertz CT molecular complexity index is 3380. The molecule has 0 atom stereocenters. The number of hydrogen-bond acceptors (Lipinski definition) is 0. The van der Waals surface area contributed by atoms with Crippen LogP contribution < -0.4 is 0 Å². The van der Waals surface area contributed by atoms with Crippen LogP contribution in [0.3, 0.4) is 0 Å². The van der Waals surface area contributed by atoms with Gasteiger partial charge < -0.3 is 0 Å². The van der Waals surface area contributed by atoms with Gasteiger partial charge in [-0.25, -0.2) is 0 Å². The highest BCUT2D eigenvalue weighted by atomic mass is 14.4. The summed E-state index contributed by atoms with van der Waals surface area (Å²) in [6, 6.07) is 76.9. The Labute approximate surface area is 344 Å². The third-order valence-electron chi connectivity index (χ3n) is 13.2. The Morgan fingerprint density at radius 2 is 0.610 bits per heavy atom. The van der Waals surface area contributed by atoms with Crippen molar-refractivity contribution in [1.82, 2.24) is 0 Å². The molecule has 0 bridgehead atoms. The Hall–Kier alpha value is -7.28. The third-order valence-corrected chi connectivity index (χ3v) is 13.2. The van der Waals surface area contributed by atoms with Crippen molar-refractivity contribution in [3.63, 3.8) is 0 Å². The second-order valence-corrected chi connectivity index (χ2v) is 16.8. The Morgan fingerprint density at radius 1 is 0.237 bits per heavy atom. The van der Waals surface area contributed by atoms with Crippen LogP contribution in [0.2, 0.25) is 0 Å². The lowest BCUT2D eigenvalue weighted by molar-refractivity contribution is 0.661. The zero-order chi connectivity index (χ0) is 39.2. The molecule has 0 heteroatoms. The molecule has 11 aromatic carbocycles. The number of fused-ring (bicyclic) bond motifs is 11. The first-order chi connectivity index (χ1) is 29.0. The molecule has 0 aromatic heterocycles. The predicted molar refractivity (Wildman–Crippen MR) is 253 cm³/mol. The van der Waals surface area contributed by atoms with E-state index in [0.717, 1.165) is 0 Å². The smallest absolute Gasteiger partial charge is 0.0159 e. The highest BCUT2D eigenvalue weighted by Crippen LogP contribution is 2.53. The van der Waals surface area contributed by atoms with Gasteiger partial charge in [-0.3, -0.25) is 0 Å². The molecule has 12 rings (SSSR count). The van der Waals surface area contributed by atoms with Crippen molar-refractivity contribution in [2.75, 3.05) is 0 Å². The third kappa shape index (κ3) is 5.09. The van der Waals surface area contributed by atoms with Crippen molar-refractivity contribution in [3.8, 4) is 55.6 Å². The Balaban J connectivity index is 1.11. The van der Waals surface area contributed by atoms with Gasteiger partial charge in [-0.2, -0.15) is 0 Å². The summed E-state index contributed by atoms with van der Waals surface area (Å²) >= 11 is 0. The van der Waals surface area contributed by atoms with Gasteiger partial charge in [-0.15, -0.1) is 0 Å². The van der Waals surface area contributed by atoms with E-state index in [9.17, 15) is 0 Å². The lowest BCUT2D eigenvalue weighted by atomic mass is 9.80. The van der Waals surface area contributed by atoms with Gasteiger partial charge in [-0.05, 0) is 157 Å². The van der Waals surface area contributed by atoms with E-state index in [1.54, 1.807) is 0 Å². The summed E-state index contributed by atoms with van der Waals surface area (Å²) in [6.45, 7) is 4.80. The molecule has 0 spiro atoms. The molecule has 0 heterocycles. The molecule has 0 fully saturated rings. The maximum atomic E-state index is 2.51. The van der Waals surface area contributed by atoms with Gasteiger partial charge in [-0.1, -0.05) is 184 Å².